The highest BCUT2D eigenvalue weighted by molar-refractivity contribution is 5.97. The molecule has 1 aliphatic rings. The Morgan fingerprint density at radius 1 is 1.50 bits per heavy atom. The molecule has 1 saturated carbocycles. The van der Waals surface area contributed by atoms with Gasteiger partial charge < -0.3 is 10.4 Å². The molecule has 1 heterocycles. The van der Waals surface area contributed by atoms with E-state index < -0.39 is 12.0 Å². The van der Waals surface area contributed by atoms with Gasteiger partial charge in [0.15, 0.2) is 0 Å². The maximum Gasteiger partial charge on any atom is 0.325 e. The molecule has 2 N–H and O–H groups in total. The summed E-state index contributed by atoms with van der Waals surface area (Å²) in [6.45, 7) is 5.60. The summed E-state index contributed by atoms with van der Waals surface area (Å²) < 4.78 is 1.91. The minimum absolute atomic E-state index is 0.240. The molecule has 0 saturated heterocycles. The highest BCUT2D eigenvalue weighted by Gasteiger charge is 2.33. The van der Waals surface area contributed by atoms with Crippen molar-refractivity contribution in [2.24, 2.45) is 0 Å². The molecule has 0 aliphatic heterocycles. The number of hydrogen-bond donors (Lipinski definition) is 2. The molecule has 1 amide bonds. The molecular formula is C14H21N3O3. The van der Waals surface area contributed by atoms with Crippen LogP contribution in [0.4, 0.5) is 0 Å². The molecule has 0 radical (unpaired) electrons. The first-order valence-corrected chi connectivity index (χ1v) is 7.06. The maximum absolute atomic E-state index is 12.2. The first kappa shape index (κ1) is 14.6. The van der Waals surface area contributed by atoms with Crippen LogP contribution < -0.4 is 5.32 Å². The smallest absolute Gasteiger partial charge is 0.325 e. The molecular weight excluding hydrogens is 258 g/mol. The van der Waals surface area contributed by atoms with E-state index in [9.17, 15) is 9.59 Å². The van der Waals surface area contributed by atoms with Gasteiger partial charge in [0.2, 0.25) is 0 Å². The summed E-state index contributed by atoms with van der Waals surface area (Å²) in [6.07, 6.45) is 4.63. The summed E-state index contributed by atoms with van der Waals surface area (Å²) in [7, 11) is 0. The predicted octanol–water partition coefficient (Wildman–Crippen LogP) is 1.93. The lowest BCUT2D eigenvalue weighted by Gasteiger charge is -2.15. The molecule has 20 heavy (non-hydrogen) atoms. The van der Waals surface area contributed by atoms with E-state index in [-0.39, 0.29) is 11.9 Å². The predicted molar refractivity (Wildman–Crippen MR) is 73.8 cm³/mol. The zero-order chi connectivity index (χ0) is 14.9. The van der Waals surface area contributed by atoms with Gasteiger partial charge in [0.1, 0.15) is 6.04 Å². The molecule has 1 fully saturated rings. The van der Waals surface area contributed by atoms with Crippen LogP contribution in [0.15, 0.2) is 6.20 Å². The largest absolute Gasteiger partial charge is 0.480 e. The van der Waals surface area contributed by atoms with Crippen LogP contribution in [-0.4, -0.2) is 32.8 Å². The van der Waals surface area contributed by atoms with Crippen molar-refractivity contribution in [1.29, 1.82) is 0 Å². The molecule has 0 spiro atoms. The third-order valence-electron chi connectivity index (χ3n) is 3.77. The summed E-state index contributed by atoms with van der Waals surface area (Å²) in [5.74, 6) is -1.01. The van der Waals surface area contributed by atoms with E-state index in [0.717, 1.165) is 25.0 Å². The number of carboxylic acid groups (broad SMARTS) is 1. The standard InChI is InChI=1S/C14H21N3O3/c1-4-8(2)17-12(10-5-6-10)11(7-15-17)13(18)16-9(3)14(19)20/h7-10H,4-6H2,1-3H3,(H,16,18)(H,19,20). The lowest BCUT2D eigenvalue weighted by Crippen LogP contribution is -2.38. The molecule has 2 atom stereocenters. The van der Waals surface area contributed by atoms with Crippen molar-refractivity contribution in [2.45, 2.75) is 58.0 Å². The Bertz CT molecular complexity index is 520. The number of aromatic nitrogens is 2. The molecule has 2 unspecified atom stereocenters. The number of aliphatic carboxylic acids is 1. The zero-order valence-electron chi connectivity index (χ0n) is 12.1. The van der Waals surface area contributed by atoms with Gasteiger partial charge >= 0.3 is 5.97 Å². The maximum atomic E-state index is 12.2. The zero-order valence-corrected chi connectivity index (χ0v) is 12.1. The average molecular weight is 279 g/mol. The van der Waals surface area contributed by atoms with Gasteiger partial charge in [-0.05, 0) is 33.1 Å². The van der Waals surface area contributed by atoms with Gasteiger partial charge in [0.05, 0.1) is 17.5 Å². The molecule has 0 aromatic carbocycles. The van der Waals surface area contributed by atoms with Crippen molar-refractivity contribution in [3.63, 3.8) is 0 Å². The number of rotatable bonds is 6. The summed E-state index contributed by atoms with van der Waals surface area (Å²) in [5.41, 5.74) is 1.47. The minimum Gasteiger partial charge on any atom is -0.480 e. The van der Waals surface area contributed by atoms with Crippen molar-refractivity contribution < 1.29 is 14.7 Å². The Morgan fingerprint density at radius 3 is 2.65 bits per heavy atom. The number of carboxylic acids is 1. The van der Waals surface area contributed by atoms with Crippen LogP contribution in [0, 0.1) is 0 Å². The third-order valence-corrected chi connectivity index (χ3v) is 3.77. The quantitative estimate of drug-likeness (QED) is 0.833. The Labute approximate surface area is 118 Å². The van der Waals surface area contributed by atoms with Crippen LogP contribution in [0.3, 0.4) is 0 Å². The van der Waals surface area contributed by atoms with Crippen LogP contribution >= 0.6 is 0 Å². The molecule has 6 heteroatoms. The number of amides is 1. The first-order chi connectivity index (χ1) is 9.45. The number of nitrogens with one attached hydrogen (secondary N) is 1. The van der Waals surface area contributed by atoms with Gasteiger partial charge in [-0.3, -0.25) is 14.3 Å². The summed E-state index contributed by atoms with van der Waals surface area (Å²) in [4.78, 5) is 23.0. The Morgan fingerprint density at radius 2 is 2.15 bits per heavy atom. The van der Waals surface area contributed by atoms with Gasteiger partial charge in [0, 0.05) is 12.0 Å². The van der Waals surface area contributed by atoms with Crippen LogP contribution in [-0.2, 0) is 4.79 Å². The molecule has 1 aliphatic carbocycles. The van der Waals surface area contributed by atoms with E-state index >= 15 is 0 Å². The minimum atomic E-state index is -1.04. The van der Waals surface area contributed by atoms with E-state index in [0.29, 0.717) is 11.5 Å². The van der Waals surface area contributed by atoms with Gasteiger partial charge in [-0.1, -0.05) is 6.92 Å². The lowest BCUT2D eigenvalue weighted by atomic mass is 10.1. The highest BCUT2D eigenvalue weighted by Crippen LogP contribution is 2.42. The van der Waals surface area contributed by atoms with E-state index in [2.05, 4.69) is 24.3 Å². The monoisotopic (exact) mass is 279 g/mol. The molecule has 1 aromatic rings. The second-order valence-corrected chi connectivity index (χ2v) is 5.45. The Balaban J connectivity index is 2.25. The van der Waals surface area contributed by atoms with Crippen molar-refractivity contribution in [2.75, 3.05) is 0 Å². The molecule has 2 rings (SSSR count). The number of carbonyl (C=O) groups is 2. The fraction of sp³-hybridized carbons (Fsp3) is 0.643. The van der Waals surface area contributed by atoms with Crippen LogP contribution in [0.1, 0.15) is 68.0 Å². The molecule has 0 bridgehead atoms. The van der Waals surface area contributed by atoms with Crippen LogP contribution in [0.5, 0.6) is 0 Å². The van der Waals surface area contributed by atoms with Gasteiger partial charge in [-0.25, -0.2) is 0 Å². The van der Waals surface area contributed by atoms with Crippen molar-refractivity contribution in [3.05, 3.63) is 17.5 Å². The van der Waals surface area contributed by atoms with Crippen LogP contribution in [0.2, 0.25) is 0 Å². The summed E-state index contributed by atoms with van der Waals surface area (Å²) in [5, 5.41) is 15.7. The fourth-order valence-electron chi connectivity index (χ4n) is 2.17. The third kappa shape index (κ3) is 2.84. The SMILES string of the molecule is CCC(C)n1ncc(C(=O)NC(C)C(=O)O)c1C1CC1. The second kappa shape index (κ2) is 5.64. The number of nitrogens with zero attached hydrogens (tertiary/aromatic N) is 2. The van der Waals surface area contributed by atoms with E-state index in [1.165, 1.54) is 6.92 Å². The van der Waals surface area contributed by atoms with Gasteiger partial charge in [0.25, 0.3) is 5.91 Å². The lowest BCUT2D eigenvalue weighted by molar-refractivity contribution is -0.138. The van der Waals surface area contributed by atoms with Crippen LogP contribution in [0.25, 0.3) is 0 Å². The van der Waals surface area contributed by atoms with E-state index in [1.54, 1.807) is 6.20 Å². The summed E-state index contributed by atoms with van der Waals surface area (Å²) in [6, 6.07) is -0.662. The number of hydrogen-bond acceptors (Lipinski definition) is 3. The molecule has 110 valence electrons. The summed E-state index contributed by atoms with van der Waals surface area (Å²) >= 11 is 0. The molecule has 1 aromatic heterocycles. The normalized spacial score (nSPS) is 17.6. The van der Waals surface area contributed by atoms with Gasteiger partial charge in [-0.15, -0.1) is 0 Å². The fourth-order valence-corrected chi connectivity index (χ4v) is 2.17. The van der Waals surface area contributed by atoms with Crippen molar-refractivity contribution in [3.8, 4) is 0 Å². The van der Waals surface area contributed by atoms with Gasteiger partial charge in [-0.2, -0.15) is 5.10 Å². The molecule has 6 nitrogen and oxygen atoms in total. The Kier molecular flexibility index (Phi) is 4.11. The van der Waals surface area contributed by atoms with E-state index in [1.807, 2.05) is 4.68 Å². The van der Waals surface area contributed by atoms with E-state index in [4.69, 9.17) is 5.11 Å². The average Bonchev–Trinajstić information content (AvgIpc) is 3.15. The topological polar surface area (TPSA) is 84.2 Å². The first-order valence-electron chi connectivity index (χ1n) is 7.06. The number of carbonyl (C=O) groups excluding carboxylic acids is 1. The van der Waals surface area contributed by atoms with Crippen molar-refractivity contribution >= 4 is 11.9 Å². The second-order valence-electron chi connectivity index (χ2n) is 5.45. The van der Waals surface area contributed by atoms with Crippen molar-refractivity contribution in [1.82, 2.24) is 15.1 Å². The Hall–Kier alpha value is -1.85. The highest BCUT2D eigenvalue weighted by atomic mass is 16.4.